The van der Waals surface area contributed by atoms with Gasteiger partial charge in [-0.05, 0) is 37.3 Å². The SMILES string of the molecule is Nc1c(CCCO)cc(NCCCO)c([N+](=O)[O-])c1NCCCO. The minimum atomic E-state index is -0.505. The number of benzene rings is 1. The van der Waals surface area contributed by atoms with Crippen LogP contribution in [0.5, 0.6) is 0 Å². The molecule has 0 aliphatic carbocycles. The maximum Gasteiger partial charge on any atom is 0.317 e. The summed E-state index contributed by atoms with van der Waals surface area (Å²) in [5, 5.41) is 44.2. The van der Waals surface area contributed by atoms with E-state index in [-0.39, 0.29) is 36.9 Å². The van der Waals surface area contributed by atoms with Crippen molar-refractivity contribution in [2.45, 2.75) is 25.7 Å². The summed E-state index contributed by atoms with van der Waals surface area (Å²) in [7, 11) is 0. The molecule has 1 rings (SSSR count). The van der Waals surface area contributed by atoms with Gasteiger partial charge in [-0.3, -0.25) is 10.1 Å². The normalized spacial score (nSPS) is 10.6. The number of nitro benzene ring substituents is 1. The van der Waals surface area contributed by atoms with Crippen molar-refractivity contribution in [3.8, 4) is 0 Å². The summed E-state index contributed by atoms with van der Waals surface area (Å²) < 4.78 is 0. The van der Waals surface area contributed by atoms with Gasteiger partial charge in [0.1, 0.15) is 11.4 Å². The maximum absolute atomic E-state index is 11.5. The predicted octanol–water partition coefficient (Wildman–Crippen LogP) is 0.690. The first kappa shape index (κ1) is 19.9. The van der Waals surface area contributed by atoms with Crippen LogP contribution < -0.4 is 16.4 Å². The summed E-state index contributed by atoms with van der Waals surface area (Å²) in [6, 6.07) is 1.62. The molecule has 136 valence electrons. The van der Waals surface area contributed by atoms with Crippen LogP contribution in [0.15, 0.2) is 6.07 Å². The monoisotopic (exact) mass is 342 g/mol. The molecule has 0 fully saturated rings. The van der Waals surface area contributed by atoms with Gasteiger partial charge >= 0.3 is 5.69 Å². The van der Waals surface area contributed by atoms with E-state index in [1.54, 1.807) is 6.07 Å². The molecule has 0 amide bonds. The van der Waals surface area contributed by atoms with Crippen molar-refractivity contribution in [1.82, 2.24) is 0 Å². The van der Waals surface area contributed by atoms with Crippen molar-refractivity contribution in [3.05, 3.63) is 21.7 Å². The number of rotatable bonds is 12. The first-order chi connectivity index (χ1) is 11.6. The highest BCUT2D eigenvalue weighted by molar-refractivity contribution is 5.88. The fourth-order valence-electron chi connectivity index (χ4n) is 2.32. The first-order valence-electron chi connectivity index (χ1n) is 7.96. The van der Waals surface area contributed by atoms with Gasteiger partial charge in [0.05, 0.1) is 10.6 Å². The van der Waals surface area contributed by atoms with Gasteiger partial charge in [-0.15, -0.1) is 0 Å². The number of nitrogens with two attached hydrogens (primary N) is 1. The molecular formula is C15H26N4O5. The van der Waals surface area contributed by atoms with E-state index in [9.17, 15) is 10.1 Å². The molecule has 7 N–H and O–H groups in total. The van der Waals surface area contributed by atoms with E-state index < -0.39 is 4.92 Å². The molecule has 1 aromatic rings. The Hall–Kier alpha value is -2.10. The second-order valence-electron chi connectivity index (χ2n) is 5.31. The zero-order valence-corrected chi connectivity index (χ0v) is 13.6. The van der Waals surface area contributed by atoms with Crippen LogP contribution in [0.1, 0.15) is 24.8 Å². The van der Waals surface area contributed by atoms with E-state index in [4.69, 9.17) is 21.1 Å². The molecule has 0 aromatic heterocycles. The highest BCUT2D eigenvalue weighted by atomic mass is 16.6. The lowest BCUT2D eigenvalue weighted by molar-refractivity contribution is -0.383. The number of aryl methyl sites for hydroxylation is 1. The Kier molecular flexibility index (Phi) is 8.84. The van der Waals surface area contributed by atoms with E-state index >= 15 is 0 Å². The van der Waals surface area contributed by atoms with Crippen LogP contribution >= 0.6 is 0 Å². The molecule has 0 unspecified atom stereocenters. The van der Waals surface area contributed by atoms with Crippen LogP contribution in [0.3, 0.4) is 0 Å². The average molecular weight is 342 g/mol. The molecule has 0 saturated carbocycles. The van der Waals surface area contributed by atoms with E-state index in [0.717, 1.165) is 0 Å². The maximum atomic E-state index is 11.5. The minimum Gasteiger partial charge on any atom is -0.397 e. The third-order valence-electron chi connectivity index (χ3n) is 3.50. The Morgan fingerprint density at radius 3 is 2.17 bits per heavy atom. The molecule has 0 heterocycles. The second kappa shape index (κ2) is 10.6. The Morgan fingerprint density at radius 1 is 1.04 bits per heavy atom. The second-order valence-corrected chi connectivity index (χ2v) is 5.31. The zero-order chi connectivity index (χ0) is 17.9. The van der Waals surface area contributed by atoms with Crippen molar-refractivity contribution in [1.29, 1.82) is 0 Å². The molecule has 0 bridgehead atoms. The van der Waals surface area contributed by atoms with Gasteiger partial charge in [-0.25, -0.2) is 0 Å². The number of nitro groups is 1. The van der Waals surface area contributed by atoms with Gasteiger partial charge in [0, 0.05) is 32.9 Å². The minimum absolute atomic E-state index is 0.00300. The summed E-state index contributed by atoms with van der Waals surface area (Å²) in [6.45, 7) is 0.677. The molecule has 9 nitrogen and oxygen atoms in total. The molecule has 0 atom stereocenters. The number of nitrogen functional groups attached to an aromatic ring is 1. The summed E-state index contributed by atoms with van der Waals surface area (Å²) in [5.41, 5.74) is 7.45. The molecule has 0 aliphatic heterocycles. The van der Waals surface area contributed by atoms with Gasteiger partial charge in [0.2, 0.25) is 0 Å². The van der Waals surface area contributed by atoms with Gasteiger partial charge in [-0.1, -0.05) is 0 Å². The molecule has 0 spiro atoms. The Balaban J connectivity index is 3.25. The lowest BCUT2D eigenvalue weighted by Crippen LogP contribution is -2.13. The van der Waals surface area contributed by atoms with Crippen LogP contribution in [-0.2, 0) is 6.42 Å². The van der Waals surface area contributed by atoms with Crippen molar-refractivity contribution < 1.29 is 20.2 Å². The van der Waals surface area contributed by atoms with E-state index in [1.165, 1.54) is 0 Å². The average Bonchev–Trinajstić information content (AvgIpc) is 2.55. The van der Waals surface area contributed by atoms with Gasteiger partial charge in [0.25, 0.3) is 0 Å². The molecule has 9 heteroatoms. The molecule has 0 radical (unpaired) electrons. The molecule has 24 heavy (non-hydrogen) atoms. The quantitative estimate of drug-likeness (QED) is 0.140. The van der Waals surface area contributed by atoms with Gasteiger partial charge in [0.15, 0.2) is 0 Å². The third kappa shape index (κ3) is 5.52. The molecule has 0 aliphatic rings. The van der Waals surface area contributed by atoms with Crippen LogP contribution in [0.2, 0.25) is 0 Å². The number of nitrogens with zero attached hydrogens (tertiary/aromatic N) is 1. The lowest BCUT2D eigenvalue weighted by atomic mass is 10.0. The zero-order valence-electron chi connectivity index (χ0n) is 13.6. The summed E-state index contributed by atoms with van der Waals surface area (Å²) >= 11 is 0. The van der Waals surface area contributed by atoms with E-state index in [0.29, 0.717) is 50.0 Å². The topological polar surface area (TPSA) is 154 Å². The molecular weight excluding hydrogens is 316 g/mol. The predicted molar refractivity (Wildman–Crippen MR) is 93.3 cm³/mol. The van der Waals surface area contributed by atoms with E-state index in [1.807, 2.05) is 0 Å². The lowest BCUT2D eigenvalue weighted by Gasteiger charge is -2.17. The Morgan fingerprint density at radius 2 is 1.62 bits per heavy atom. The van der Waals surface area contributed by atoms with Crippen molar-refractivity contribution in [3.63, 3.8) is 0 Å². The summed E-state index contributed by atoms with van der Waals surface area (Å²) in [6.07, 6.45) is 1.88. The fourth-order valence-corrected chi connectivity index (χ4v) is 2.32. The van der Waals surface area contributed by atoms with Crippen molar-refractivity contribution in [2.75, 3.05) is 49.3 Å². The number of hydrogen-bond acceptors (Lipinski definition) is 8. The van der Waals surface area contributed by atoms with Gasteiger partial charge in [-0.2, -0.15) is 0 Å². The highest BCUT2D eigenvalue weighted by Gasteiger charge is 2.25. The van der Waals surface area contributed by atoms with Crippen LogP contribution in [0.25, 0.3) is 0 Å². The van der Waals surface area contributed by atoms with Crippen LogP contribution in [0, 0.1) is 10.1 Å². The summed E-state index contributed by atoms with van der Waals surface area (Å²) in [5.74, 6) is 0. The van der Waals surface area contributed by atoms with Gasteiger partial charge < -0.3 is 31.7 Å². The first-order valence-corrected chi connectivity index (χ1v) is 7.96. The van der Waals surface area contributed by atoms with Crippen LogP contribution in [0.4, 0.5) is 22.7 Å². The number of anilines is 3. The number of hydrogen-bond donors (Lipinski definition) is 6. The third-order valence-corrected chi connectivity index (χ3v) is 3.50. The molecule has 1 aromatic carbocycles. The van der Waals surface area contributed by atoms with E-state index in [2.05, 4.69) is 10.6 Å². The van der Waals surface area contributed by atoms with Crippen molar-refractivity contribution in [2.24, 2.45) is 0 Å². The number of aliphatic hydroxyl groups is 3. The van der Waals surface area contributed by atoms with Crippen molar-refractivity contribution >= 4 is 22.7 Å². The highest BCUT2D eigenvalue weighted by Crippen LogP contribution is 2.40. The number of aliphatic hydroxyl groups excluding tert-OH is 3. The summed E-state index contributed by atoms with van der Waals surface area (Å²) in [4.78, 5) is 11.0. The Bertz CT molecular complexity index is 539. The number of nitrogens with one attached hydrogen (secondary N) is 2. The largest absolute Gasteiger partial charge is 0.397 e. The Labute approximate surface area is 140 Å². The molecule has 0 saturated heterocycles. The fraction of sp³-hybridized carbons (Fsp3) is 0.600. The van der Waals surface area contributed by atoms with Crippen LogP contribution in [-0.4, -0.2) is 53.2 Å². The smallest absolute Gasteiger partial charge is 0.317 e. The standard InChI is InChI=1S/C15H26N4O5/c16-13-11(4-1-7-20)10-12(17-5-2-8-21)15(19(23)24)14(13)18-6-3-9-22/h10,17-18,20-22H,1-9,16H2.